The first-order chi connectivity index (χ1) is 10.7. The predicted molar refractivity (Wildman–Crippen MR) is 92.4 cm³/mol. The highest BCUT2D eigenvalue weighted by Crippen LogP contribution is 2.27. The lowest BCUT2D eigenvalue weighted by molar-refractivity contribution is 0.340. The van der Waals surface area contributed by atoms with E-state index in [9.17, 15) is 0 Å². The standard InChI is InChI=1S/C18H17ClN2O/c1-3-22-14-9-7-12(2)16(11-14)20-17-10-8-13-5-4-6-15(19)18(13)21-17/h4-11H,3H2,1-2H3,(H,20,21). The zero-order valence-electron chi connectivity index (χ0n) is 12.6. The summed E-state index contributed by atoms with van der Waals surface area (Å²) >= 11 is 6.22. The van der Waals surface area contributed by atoms with E-state index in [1.165, 1.54) is 0 Å². The third-order valence-corrected chi connectivity index (χ3v) is 3.76. The number of para-hydroxylation sites is 1. The van der Waals surface area contributed by atoms with E-state index in [4.69, 9.17) is 16.3 Å². The molecule has 22 heavy (non-hydrogen) atoms. The Hall–Kier alpha value is -2.26. The third kappa shape index (κ3) is 3.00. The van der Waals surface area contributed by atoms with Gasteiger partial charge in [0.05, 0.1) is 17.1 Å². The fourth-order valence-corrected chi connectivity index (χ4v) is 2.53. The lowest BCUT2D eigenvalue weighted by Crippen LogP contribution is -1.98. The van der Waals surface area contributed by atoms with Crippen LogP contribution in [0.15, 0.2) is 48.5 Å². The minimum Gasteiger partial charge on any atom is -0.494 e. The first-order valence-electron chi connectivity index (χ1n) is 7.23. The summed E-state index contributed by atoms with van der Waals surface area (Å²) in [5.74, 6) is 1.60. The van der Waals surface area contributed by atoms with Gasteiger partial charge < -0.3 is 10.1 Å². The highest BCUT2D eigenvalue weighted by molar-refractivity contribution is 6.35. The second kappa shape index (κ2) is 6.24. The Kier molecular flexibility index (Phi) is 4.16. The largest absolute Gasteiger partial charge is 0.494 e. The Balaban J connectivity index is 1.96. The molecule has 0 spiro atoms. The molecule has 0 amide bonds. The van der Waals surface area contributed by atoms with E-state index >= 15 is 0 Å². The van der Waals surface area contributed by atoms with Gasteiger partial charge in [0.2, 0.25) is 0 Å². The molecule has 1 aromatic heterocycles. The molecule has 0 aliphatic carbocycles. The molecular formula is C18H17ClN2O. The number of pyridine rings is 1. The maximum atomic E-state index is 6.22. The first kappa shape index (κ1) is 14.7. The monoisotopic (exact) mass is 312 g/mol. The number of nitrogens with one attached hydrogen (secondary N) is 1. The van der Waals surface area contributed by atoms with Crippen molar-refractivity contribution in [3.05, 3.63) is 59.1 Å². The Morgan fingerprint density at radius 2 is 2.00 bits per heavy atom. The molecule has 0 saturated heterocycles. The van der Waals surface area contributed by atoms with Crippen LogP contribution < -0.4 is 10.1 Å². The van der Waals surface area contributed by atoms with Gasteiger partial charge in [-0.15, -0.1) is 0 Å². The lowest BCUT2D eigenvalue weighted by Gasteiger charge is -2.12. The van der Waals surface area contributed by atoms with E-state index in [1.807, 2.05) is 62.4 Å². The Bertz CT molecular complexity index is 817. The van der Waals surface area contributed by atoms with E-state index in [-0.39, 0.29) is 0 Å². The summed E-state index contributed by atoms with van der Waals surface area (Å²) in [5, 5.41) is 5.02. The van der Waals surface area contributed by atoms with E-state index in [0.717, 1.165) is 33.7 Å². The van der Waals surface area contributed by atoms with Crippen molar-refractivity contribution in [1.29, 1.82) is 0 Å². The van der Waals surface area contributed by atoms with Crippen LogP contribution in [0.2, 0.25) is 5.02 Å². The van der Waals surface area contributed by atoms with Gasteiger partial charge in [0.1, 0.15) is 11.6 Å². The van der Waals surface area contributed by atoms with Gasteiger partial charge in [-0.25, -0.2) is 4.98 Å². The average Bonchev–Trinajstić information content (AvgIpc) is 2.52. The normalized spacial score (nSPS) is 10.7. The molecule has 4 heteroatoms. The molecular weight excluding hydrogens is 296 g/mol. The number of aromatic nitrogens is 1. The summed E-state index contributed by atoms with van der Waals surface area (Å²) in [6.07, 6.45) is 0. The number of nitrogens with zero attached hydrogens (tertiary/aromatic N) is 1. The van der Waals surface area contributed by atoms with Gasteiger partial charge >= 0.3 is 0 Å². The summed E-state index contributed by atoms with van der Waals surface area (Å²) in [7, 11) is 0. The molecule has 0 saturated carbocycles. The molecule has 0 atom stereocenters. The predicted octanol–water partition coefficient (Wildman–Crippen LogP) is 5.34. The Morgan fingerprint density at radius 3 is 2.82 bits per heavy atom. The quantitative estimate of drug-likeness (QED) is 0.706. The number of fused-ring (bicyclic) bond motifs is 1. The summed E-state index contributed by atoms with van der Waals surface area (Å²) in [4.78, 5) is 4.60. The summed E-state index contributed by atoms with van der Waals surface area (Å²) in [6.45, 7) is 4.66. The van der Waals surface area contributed by atoms with E-state index in [1.54, 1.807) is 0 Å². The number of aryl methyl sites for hydroxylation is 1. The van der Waals surface area contributed by atoms with Crippen LogP contribution in [-0.4, -0.2) is 11.6 Å². The van der Waals surface area contributed by atoms with Crippen LogP contribution in [0.5, 0.6) is 5.75 Å². The summed E-state index contributed by atoms with van der Waals surface area (Å²) in [5.41, 5.74) is 2.90. The molecule has 3 nitrogen and oxygen atoms in total. The number of rotatable bonds is 4. The van der Waals surface area contributed by atoms with Gasteiger partial charge in [0, 0.05) is 17.1 Å². The molecule has 1 N–H and O–H groups in total. The van der Waals surface area contributed by atoms with Crippen LogP contribution >= 0.6 is 11.6 Å². The van der Waals surface area contributed by atoms with Gasteiger partial charge in [-0.3, -0.25) is 0 Å². The van der Waals surface area contributed by atoms with Crippen LogP contribution in [0.3, 0.4) is 0 Å². The number of benzene rings is 2. The van der Waals surface area contributed by atoms with Crippen molar-refractivity contribution in [2.24, 2.45) is 0 Å². The third-order valence-electron chi connectivity index (χ3n) is 3.45. The Morgan fingerprint density at radius 1 is 1.14 bits per heavy atom. The van der Waals surface area contributed by atoms with Crippen molar-refractivity contribution in [1.82, 2.24) is 4.98 Å². The first-order valence-corrected chi connectivity index (χ1v) is 7.61. The average molecular weight is 313 g/mol. The van der Waals surface area contributed by atoms with Gasteiger partial charge in [0.25, 0.3) is 0 Å². The van der Waals surface area contributed by atoms with Crippen LogP contribution in [0, 0.1) is 6.92 Å². The molecule has 0 aliphatic rings. The van der Waals surface area contributed by atoms with E-state index in [0.29, 0.717) is 11.6 Å². The van der Waals surface area contributed by atoms with E-state index in [2.05, 4.69) is 10.3 Å². The SMILES string of the molecule is CCOc1ccc(C)c(Nc2ccc3cccc(Cl)c3n2)c1. The molecule has 0 bridgehead atoms. The summed E-state index contributed by atoms with van der Waals surface area (Å²) < 4.78 is 5.55. The highest BCUT2D eigenvalue weighted by Gasteiger charge is 2.05. The van der Waals surface area contributed by atoms with Crippen LogP contribution in [0.1, 0.15) is 12.5 Å². The molecule has 0 fully saturated rings. The Labute approximate surface area is 134 Å². The van der Waals surface area contributed by atoms with Crippen molar-refractivity contribution in [3.8, 4) is 5.75 Å². The minimum atomic E-state index is 0.645. The van der Waals surface area contributed by atoms with Crippen LogP contribution in [-0.2, 0) is 0 Å². The number of anilines is 2. The van der Waals surface area contributed by atoms with Crippen molar-refractivity contribution in [3.63, 3.8) is 0 Å². The molecule has 112 valence electrons. The number of hydrogen-bond acceptors (Lipinski definition) is 3. The zero-order valence-corrected chi connectivity index (χ0v) is 13.3. The molecule has 3 rings (SSSR count). The maximum Gasteiger partial charge on any atom is 0.131 e. The molecule has 1 heterocycles. The minimum absolute atomic E-state index is 0.645. The lowest BCUT2D eigenvalue weighted by atomic mass is 10.2. The molecule has 2 aromatic carbocycles. The van der Waals surface area contributed by atoms with Gasteiger partial charge in [-0.2, -0.15) is 0 Å². The van der Waals surface area contributed by atoms with E-state index < -0.39 is 0 Å². The van der Waals surface area contributed by atoms with Crippen molar-refractivity contribution in [2.45, 2.75) is 13.8 Å². The number of ether oxygens (including phenoxy) is 1. The molecule has 0 radical (unpaired) electrons. The van der Waals surface area contributed by atoms with Crippen LogP contribution in [0.25, 0.3) is 10.9 Å². The molecule has 0 aliphatic heterocycles. The molecule has 3 aromatic rings. The fraction of sp³-hybridized carbons (Fsp3) is 0.167. The topological polar surface area (TPSA) is 34.1 Å². The second-order valence-electron chi connectivity index (χ2n) is 5.04. The van der Waals surface area contributed by atoms with Gasteiger partial charge in [0.15, 0.2) is 0 Å². The van der Waals surface area contributed by atoms with Crippen molar-refractivity contribution < 1.29 is 4.74 Å². The maximum absolute atomic E-state index is 6.22. The highest BCUT2D eigenvalue weighted by atomic mass is 35.5. The second-order valence-corrected chi connectivity index (χ2v) is 5.45. The zero-order chi connectivity index (χ0) is 15.5. The van der Waals surface area contributed by atoms with Gasteiger partial charge in [-0.05, 0) is 43.7 Å². The fourth-order valence-electron chi connectivity index (χ4n) is 2.31. The van der Waals surface area contributed by atoms with Crippen molar-refractivity contribution in [2.75, 3.05) is 11.9 Å². The van der Waals surface area contributed by atoms with Crippen molar-refractivity contribution >= 4 is 34.0 Å². The smallest absolute Gasteiger partial charge is 0.131 e. The molecule has 0 unspecified atom stereocenters. The number of hydrogen-bond donors (Lipinski definition) is 1. The number of halogens is 1. The summed E-state index contributed by atoms with van der Waals surface area (Å²) in [6, 6.07) is 15.7. The van der Waals surface area contributed by atoms with Crippen LogP contribution in [0.4, 0.5) is 11.5 Å². The van der Waals surface area contributed by atoms with Gasteiger partial charge in [-0.1, -0.05) is 29.8 Å².